The highest BCUT2D eigenvalue weighted by atomic mass is 16.5. The first-order valence-corrected chi connectivity index (χ1v) is 20.6. The lowest BCUT2D eigenvalue weighted by molar-refractivity contribution is 0.159. The number of fused-ring (bicyclic) bond motifs is 13. The molecule has 0 saturated heterocycles. The Hall–Kier alpha value is -7.04. The Bertz CT molecular complexity index is 3290. The number of allylic oxidation sites excluding steroid dienone is 9. The van der Waals surface area contributed by atoms with Gasteiger partial charge in [-0.1, -0.05) is 146 Å². The zero-order chi connectivity index (χ0) is 37.9. The van der Waals surface area contributed by atoms with Gasteiger partial charge in [-0.15, -0.1) is 0 Å². The van der Waals surface area contributed by atoms with Crippen LogP contribution < -0.4 is 0 Å². The second-order valence-corrected chi connectivity index (χ2v) is 16.2. The molecule has 4 heterocycles. The first-order chi connectivity index (χ1) is 28.7. The van der Waals surface area contributed by atoms with Crippen LogP contribution in [0.3, 0.4) is 0 Å². The van der Waals surface area contributed by atoms with Crippen molar-refractivity contribution in [3.63, 3.8) is 0 Å². The predicted molar refractivity (Wildman–Crippen MR) is 238 cm³/mol. The van der Waals surface area contributed by atoms with Crippen LogP contribution in [-0.4, -0.2) is 20.6 Å². The van der Waals surface area contributed by atoms with Crippen LogP contribution in [0.2, 0.25) is 0 Å². The summed E-state index contributed by atoms with van der Waals surface area (Å²) in [5.41, 5.74) is 13.6. The van der Waals surface area contributed by atoms with Gasteiger partial charge in [0.15, 0.2) is 5.82 Å². The summed E-state index contributed by atoms with van der Waals surface area (Å²) < 4.78 is 9.40. The molecule has 8 aromatic rings. The van der Waals surface area contributed by atoms with E-state index in [2.05, 4.69) is 174 Å². The number of ether oxygens (including phenoxy) is 1. The van der Waals surface area contributed by atoms with Crippen LogP contribution in [0.5, 0.6) is 0 Å². The summed E-state index contributed by atoms with van der Waals surface area (Å²) in [4.78, 5) is 11.3. The summed E-state index contributed by atoms with van der Waals surface area (Å²) in [6.45, 7) is 0. The molecule has 0 fully saturated rings. The van der Waals surface area contributed by atoms with Gasteiger partial charge in [0.2, 0.25) is 0 Å². The van der Waals surface area contributed by atoms with E-state index in [-0.39, 0.29) is 12.0 Å². The Labute approximate surface area is 336 Å². The quantitative estimate of drug-likeness (QED) is 0.181. The first-order valence-electron chi connectivity index (χ1n) is 20.6. The highest BCUT2D eigenvalue weighted by molar-refractivity contribution is 6.18. The lowest BCUT2D eigenvalue weighted by atomic mass is 9.80. The standard InChI is InChI=1S/C54H37N3O/c1-2-11-32(12-3-1)33-21-23-35(24-22-33)54-55-51(41-19-10-16-34-13-6-7-17-39(34)41)49-38-25-26-40-44-29-36-14-4-5-15-37(36)30-46(44)57(45(40)31-38)53-43(52(49)56-54)27-28-48-50(53)42-18-8-9-20-47(42)58-48/h1-8,10-19,21,23-31,33,48,50H,9,20,22H2. The third kappa shape index (κ3) is 4.63. The van der Waals surface area contributed by atoms with Crippen molar-refractivity contribution in [2.45, 2.75) is 31.3 Å². The van der Waals surface area contributed by atoms with Gasteiger partial charge in [0.1, 0.15) is 11.9 Å². The number of hydrogen-bond donors (Lipinski definition) is 0. The van der Waals surface area contributed by atoms with Gasteiger partial charge in [0.05, 0.1) is 28.3 Å². The molecule has 4 heteroatoms. The molecule has 4 nitrogen and oxygen atoms in total. The molecule has 3 aliphatic carbocycles. The van der Waals surface area contributed by atoms with Crippen molar-refractivity contribution in [3.05, 3.63) is 198 Å². The molecule has 0 N–H and O–H groups in total. The fourth-order valence-corrected chi connectivity index (χ4v) is 10.4. The molecule has 2 bridgehead atoms. The molecule has 0 saturated carbocycles. The van der Waals surface area contributed by atoms with Crippen molar-refractivity contribution >= 4 is 60.2 Å². The first kappa shape index (κ1) is 32.1. The summed E-state index contributed by atoms with van der Waals surface area (Å²) in [6, 6.07) is 46.6. The molecular formula is C54H37N3O. The predicted octanol–water partition coefficient (Wildman–Crippen LogP) is 13.2. The van der Waals surface area contributed by atoms with E-state index >= 15 is 0 Å². The van der Waals surface area contributed by atoms with E-state index in [9.17, 15) is 0 Å². The molecule has 6 aromatic carbocycles. The van der Waals surface area contributed by atoms with E-state index in [1.165, 1.54) is 60.2 Å². The number of benzene rings is 6. The van der Waals surface area contributed by atoms with E-state index in [1.54, 1.807) is 0 Å². The van der Waals surface area contributed by atoms with Gasteiger partial charge < -0.3 is 9.30 Å². The summed E-state index contributed by atoms with van der Waals surface area (Å²) >= 11 is 0. The van der Waals surface area contributed by atoms with Crippen LogP contribution in [-0.2, 0) is 4.74 Å². The van der Waals surface area contributed by atoms with Gasteiger partial charge in [-0.25, -0.2) is 9.97 Å². The minimum absolute atomic E-state index is 0.00581. The van der Waals surface area contributed by atoms with Crippen LogP contribution in [0, 0.1) is 5.92 Å². The van der Waals surface area contributed by atoms with Gasteiger partial charge in [-0.3, -0.25) is 0 Å². The van der Waals surface area contributed by atoms with E-state index in [0.29, 0.717) is 5.92 Å². The lowest BCUT2D eigenvalue weighted by Crippen LogP contribution is -2.25. The summed E-state index contributed by atoms with van der Waals surface area (Å²) in [6.07, 6.45) is 18.9. The molecular weight excluding hydrogens is 707 g/mol. The summed E-state index contributed by atoms with van der Waals surface area (Å²) in [5.74, 6) is 2.19. The molecule has 3 unspecified atom stereocenters. The van der Waals surface area contributed by atoms with Crippen molar-refractivity contribution in [1.29, 1.82) is 0 Å². The van der Waals surface area contributed by atoms with Gasteiger partial charge in [-0.05, 0) is 69.8 Å². The fourth-order valence-electron chi connectivity index (χ4n) is 10.4. The molecule has 0 spiro atoms. The minimum Gasteiger partial charge on any atom is -0.489 e. The fraction of sp³-hybridized carbons (Fsp3) is 0.111. The SMILES string of the molecule is C1=CC2=C(CC1)OC1C=CC3=C(C21)n1c2cc(ccc2c2cc4ccccc4cc21)-c1c3nc(C2=CCC(c3ccccc3)C=C2)nc1-c1cccc2ccccc12. The second kappa shape index (κ2) is 12.2. The van der Waals surface area contributed by atoms with Crippen LogP contribution in [0.15, 0.2) is 181 Å². The van der Waals surface area contributed by atoms with Crippen molar-refractivity contribution in [1.82, 2.24) is 14.5 Å². The number of nitrogens with zero attached hydrogens (tertiary/aromatic N) is 3. The maximum Gasteiger partial charge on any atom is 0.160 e. The van der Waals surface area contributed by atoms with E-state index in [0.717, 1.165) is 70.1 Å². The molecule has 13 rings (SSSR count). The third-order valence-electron chi connectivity index (χ3n) is 13.1. The average Bonchev–Trinajstić information content (AvgIpc) is 3.81. The number of rotatable bonds is 3. The normalized spacial score (nSPS) is 20.3. The van der Waals surface area contributed by atoms with Gasteiger partial charge in [-0.2, -0.15) is 0 Å². The third-order valence-corrected chi connectivity index (χ3v) is 13.1. The zero-order valence-corrected chi connectivity index (χ0v) is 31.8. The molecule has 0 amide bonds. The topological polar surface area (TPSA) is 39.9 Å². The highest BCUT2D eigenvalue weighted by Crippen LogP contribution is 2.53. The maximum absolute atomic E-state index is 6.84. The largest absolute Gasteiger partial charge is 0.489 e. The van der Waals surface area contributed by atoms with Crippen LogP contribution in [0.25, 0.3) is 82.6 Å². The Morgan fingerprint density at radius 2 is 1.43 bits per heavy atom. The molecule has 2 aromatic heterocycles. The van der Waals surface area contributed by atoms with Crippen LogP contribution >= 0.6 is 0 Å². The summed E-state index contributed by atoms with van der Waals surface area (Å²) in [5, 5.41) is 7.34. The number of aromatic nitrogens is 3. The highest BCUT2D eigenvalue weighted by Gasteiger charge is 2.43. The minimum atomic E-state index is -0.0942. The van der Waals surface area contributed by atoms with Crippen molar-refractivity contribution < 1.29 is 4.74 Å². The van der Waals surface area contributed by atoms with E-state index in [1.807, 2.05) is 0 Å². The van der Waals surface area contributed by atoms with E-state index < -0.39 is 0 Å². The average molecular weight is 744 g/mol. The van der Waals surface area contributed by atoms with Crippen LogP contribution in [0.4, 0.5) is 0 Å². The number of hydrogen-bond acceptors (Lipinski definition) is 3. The van der Waals surface area contributed by atoms with Crippen molar-refractivity contribution in [3.8, 4) is 22.4 Å². The van der Waals surface area contributed by atoms with Gasteiger partial charge in [0, 0.05) is 56.7 Å². The second-order valence-electron chi connectivity index (χ2n) is 16.2. The molecule has 2 aliphatic heterocycles. The van der Waals surface area contributed by atoms with Crippen molar-refractivity contribution in [2.75, 3.05) is 0 Å². The Balaban J connectivity index is 1.15. The Morgan fingerprint density at radius 3 is 2.31 bits per heavy atom. The monoisotopic (exact) mass is 743 g/mol. The van der Waals surface area contributed by atoms with Crippen molar-refractivity contribution in [2.24, 2.45) is 5.92 Å². The van der Waals surface area contributed by atoms with Gasteiger partial charge >= 0.3 is 0 Å². The van der Waals surface area contributed by atoms with E-state index in [4.69, 9.17) is 14.7 Å². The van der Waals surface area contributed by atoms with Crippen LogP contribution in [0.1, 0.15) is 42.3 Å². The molecule has 3 atom stereocenters. The molecule has 274 valence electrons. The Kier molecular flexibility index (Phi) is 6.77. The lowest BCUT2D eigenvalue weighted by Gasteiger charge is -2.31. The molecule has 0 radical (unpaired) electrons. The molecule has 58 heavy (non-hydrogen) atoms. The smallest absolute Gasteiger partial charge is 0.160 e. The molecule has 5 aliphatic rings. The zero-order valence-electron chi connectivity index (χ0n) is 31.8. The maximum atomic E-state index is 6.84. The summed E-state index contributed by atoms with van der Waals surface area (Å²) in [7, 11) is 0. The van der Waals surface area contributed by atoms with Gasteiger partial charge in [0.25, 0.3) is 0 Å². The Morgan fingerprint density at radius 1 is 0.638 bits per heavy atom.